The Morgan fingerprint density at radius 1 is 1.03 bits per heavy atom. The van der Waals surface area contributed by atoms with Gasteiger partial charge in [-0.15, -0.1) is 0 Å². The van der Waals surface area contributed by atoms with Crippen molar-refractivity contribution in [2.45, 2.75) is 52.2 Å². The second kappa shape index (κ2) is 12.3. The fourth-order valence-corrected chi connectivity index (χ4v) is 5.89. The van der Waals surface area contributed by atoms with Crippen molar-refractivity contribution in [2.75, 3.05) is 40.8 Å². The van der Waals surface area contributed by atoms with E-state index in [4.69, 9.17) is 9.47 Å². The molecule has 0 radical (unpaired) electrons. The molecule has 0 fully saturated rings. The third-order valence-corrected chi connectivity index (χ3v) is 8.50. The van der Waals surface area contributed by atoms with E-state index in [1.54, 1.807) is 19.2 Å². The average molecular weight is 533 g/mol. The lowest BCUT2D eigenvalue weighted by Crippen LogP contribution is -2.51. The molecule has 0 saturated carbocycles. The minimum absolute atomic E-state index is 0.196. The van der Waals surface area contributed by atoms with Crippen molar-refractivity contribution in [3.8, 4) is 17.2 Å². The molecule has 2 aromatic rings. The fraction of sp³-hybridized carbons (Fsp3) is 0.519. The predicted octanol–water partition coefficient (Wildman–Crippen LogP) is 3.43. The van der Waals surface area contributed by atoms with Gasteiger partial charge in [-0.05, 0) is 81.6 Å². The number of fused-ring (bicyclic) bond motifs is 1. The van der Waals surface area contributed by atoms with Gasteiger partial charge >= 0.3 is 0 Å². The number of rotatable bonds is 11. The van der Waals surface area contributed by atoms with Gasteiger partial charge < -0.3 is 14.8 Å². The molecule has 10 heteroatoms. The molecule has 0 bridgehead atoms. The largest absolute Gasteiger partial charge is 0.497 e. The summed E-state index contributed by atoms with van der Waals surface area (Å²) in [6.45, 7) is 9.78. The summed E-state index contributed by atoms with van der Waals surface area (Å²) in [7, 11) is 0.751. The van der Waals surface area contributed by atoms with Crippen molar-refractivity contribution in [1.29, 1.82) is 0 Å². The van der Waals surface area contributed by atoms with E-state index in [0.29, 0.717) is 48.7 Å². The Morgan fingerprint density at radius 3 is 2.19 bits per heavy atom. The Morgan fingerprint density at radius 2 is 1.62 bits per heavy atom. The predicted molar refractivity (Wildman–Crippen MR) is 145 cm³/mol. The van der Waals surface area contributed by atoms with Crippen LogP contribution in [0.1, 0.15) is 44.9 Å². The highest BCUT2D eigenvalue weighted by molar-refractivity contribution is 7.86. The number of hydrogen-bond acceptors (Lipinski definition) is 6. The van der Waals surface area contributed by atoms with Crippen molar-refractivity contribution in [3.05, 3.63) is 53.6 Å². The van der Waals surface area contributed by atoms with Crippen LogP contribution in [0.5, 0.6) is 17.2 Å². The molecule has 1 atom stereocenters. The molecular formula is C27H40N4O5S. The van der Waals surface area contributed by atoms with Crippen molar-refractivity contribution in [3.63, 3.8) is 0 Å². The average Bonchev–Trinajstić information content (AvgIpc) is 2.85. The summed E-state index contributed by atoms with van der Waals surface area (Å²) in [4.78, 5) is 15.8. The SMILES string of the molecule is COc1ccc(Oc2ccc3c(c2)CCN(S(=O)(=O)N(C)C)C3C(=O)NCCN(C(C)C)C(C)C)cc1. The Kier molecular flexibility index (Phi) is 9.57. The first-order chi connectivity index (χ1) is 17.4. The van der Waals surface area contributed by atoms with Crippen LogP contribution < -0.4 is 14.8 Å². The first-order valence-corrected chi connectivity index (χ1v) is 14.0. The van der Waals surface area contributed by atoms with E-state index in [2.05, 4.69) is 37.9 Å². The highest BCUT2D eigenvalue weighted by Gasteiger charge is 2.41. The van der Waals surface area contributed by atoms with Crippen LogP contribution in [-0.2, 0) is 21.4 Å². The molecule has 1 aliphatic heterocycles. The number of carbonyl (C=O) groups is 1. The minimum Gasteiger partial charge on any atom is -0.497 e. The molecule has 1 heterocycles. The third kappa shape index (κ3) is 6.81. The number of benzene rings is 2. The van der Waals surface area contributed by atoms with Crippen LogP contribution in [0.3, 0.4) is 0 Å². The van der Waals surface area contributed by atoms with Gasteiger partial charge in [0.1, 0.15) is 23.3 Å². The highest BCUT2D eigenvalue weighted by Crippen LogP contribution is 2.36. The topological polar surface area (TPSA) is 91.4 Å². The van der Waals surface area contributed by atoms with Crippen LogP contribution >= 0.6 is 0 Å². The second-order valence-corrected chi connectivity index (χ2v) is 12.0. The molecular weight excluding hydrogens is 492 g/mol. The Hall–Kier alpha value is -2.66. The van der Waals surface area contributed by atoms with Gasteiger partial charge in [-0.2, -0.15) is 17.0 Å². The Labute approximate surface area is 221 Å². The first kappa shape index (κ1) is 28.9. The number of hydrogen-bond donors (Lipinski definition) is 1. The molecule has 2 aromatic carbocycles. The van der Waals surface area contributed by atoms with E-state index >= 15 is 0 Å². The van der Waals surface area contributed by atoms with Gasteiger partial charge in [-0.3, -0.25) is 9.69 Å². The molecule has 0 aromatic heterocycles. The zero-order chi connectivity index (χ0) is 27.3. The molecule has 0 aliphatic carbocycles. The normalized spacial score (nSPS) is 16.4. The van der Waals surface area contributed by atoms with E-state index in [1.165, 1.54) is 18.4 Å². The zero-order valence-corrected chi connectivity index (χ0v) is 23.7. The van der Waals surface area contributed by atoms with Gasteiger partial charge in [0, 0.05) is 45.8 Å². The van der Waals surface area contributed by atoms with E-state index in [0.717, 1.165) is 15.6 Å². The molecule has 37 heavy (non-hydrogen) atoms. The van der Waals surface area contributed by atoms with Crippen molar-refractivity contribution >= 4 is 16.1 Å². The number of nitrogens with zero attached hydrogens (tertiary/aromatic N) is 3. The fourth-order valence-electron chi connectivity index (χ4n) is 4.67. The summed E-state index contributed by atoms with van der Waals surface area (Å²) in [6.07, 6.45) is 0.473. The van der Waals surface area contributed by atoms with Gasteiger partial charge in [-0.25, -0.2) is 0 Å². The maximum atomic E-state index is 13.5. The lowest BCUT2D eigenvalue weighted by molar-refractivity contribution is -0.125. The molecule has 1 N–H and O–H groups in total. The maximum absolute atomic E-state index is 13.5. The minimum atomic E-state index is -3.82. The van der Waals surface area contributed by atoms with Crippen molar-refractivity contribution < 1.29 is 22.7 Å². The van der Waals surface area contributed by atoms with Crippen molar-refractivity contribution in [1.82, 2.24) is 18.8 Å². The first-order valence-electron chi connectivity index (χ1n) is 12.6. The molecule has 204 valence electrons. The van der Waals surface area contributed by atoms with Gasteiger partial charge in [-0.1, -0.05) is 6.07 Å². The molecule has 1 unspecified atom stereocenters. The summed E-state index contributed by atoms with van der Waals surface area (Å²) >= 11 is 0. The highest BCUT2D eigenvalue weighted by atomic mass is 32.2. The summed E-state index contributed by atoms with van der Waals surface area (Å²) in [5, 5.41) is 2.99. The number of methoxy groups -OCH3 is 1. The van der Waals surface area contributed by atoms with Crippen LogP contribution in [0.2, 0.25) is 0 Å². The van der Waals surface area contributed by atoms with Crippen LogP contribution in [0.15, 0.2) is 42.5 Å². The monoisotopic (exact) mass is 532 g/mol. The number of amides is 1. The van der Waals surface area contributed by atoms with Crippen LogP contribution in [-0.4, -0.2) is 80.8 Å². The van der Waals surface area contributed by atoms with Gasteiger partial charge in [0.15, 0.2) is 0 Å². The molecule has 0 spiro atoms. The Bertz CT molecular complexity index is 1160. The van der Waals surface area contributed by atoms with E-state index in [9.17, 15) is 13.2 Å². The van der Waals surface area contributed by atoms with E-state index < -0.39 is 16.3 Å². The van der Waals surface area contributed by atoms with Crippen LogP contribution in [0, 0.1) is 0 Å². The molecule has 1 amide bonds. The number of carbonyl (C=O) groups excluding carboxylic acids is 1. The van der Waals surface area contributed by atoms with Gasteiger partial charge in [0.25, 0.3) is 10.2 Å². The summed E-state index contributed by atoms with van der Waals surface area (Å²) in [5.41, 5.74) is 1.56. The third-order valence-electron chi connectivity index (χ3n) is 6.60. The van der Waals surface area contributed by atoms with E-state index in [1.807, 2.05) is 30.3 Å². The smallest absolute Gasteiger partial charge is 0.282 e. The molecule has 0 saturated heterocycles. The lowest BCUT2D eigenvalue weighted by atomic mass is 9.93. The summed E-state index contributed by atoms with van der Waals surface area (Å²) in [5.74, 6) is 1.68. The van der Waals surface area contributed by atoms with Gasteiger partial charge in [0.2, 0.25) is 5.91 Å². The second-order valence-electron chi connectivity index (χ2n) is 9.91. The zero-order valence-electron chi connectivity index (χ0n) is 22.9. The Balaban J connectivity index is 1.86. The van der Waals surface area contributed by atoms with Crippen LogP contribution in [0.25, 0.3) is 0 Å². The lowest BCUT2D eigenvalue weighted by Gasteiger charge is -2.37. The standard InChI is InChI=1S/C27H40N4O5S/c1-19(2)30(20(3)4)17-15-28-27(32)26-25-13-12-24(36-23-10-8-22(35-7)9-11-23)18-21(25)14-16-31(26)37(33,34)29(5)6/h8-13,18-20,26H,14-17H2,1-7H3,(H,28,32). The quantitative estimate of drug-likeness (QED) is 0.477. The van der Waals surface area contributed by atoms with Gasteiger partial charge in [0.05, 0.1) is 7.11 Å². The number of ether oxygens (including phenoxy) is 2. The molecule has 3 rings (SSSR count). The van der Waals surface area contributed by atoms with Crippen molar-refractivity contribution in [2.24, 2.45) is 0 Å². The summed E-state index contributed by atoms with van der Waals surface area (Å²) in [6, 6.07) is 12.4. The molecule has 1 aliphatic rings. The number of nitrogens with one attached hydrogen (secondary N) is 1. The van der Waals surface area contributed by atoms with E-state index in [-0.39, 0.29) is 12.5 Å². The molecule has 9 nitrogen and oxygen atoms in total. The maximum Gasteiger partial charge on any atom is 0.282 e. The summed E-state index contributed by atoms with van der Waals surface area (Å²) < 4.78 is 40.0. The van der Waals surface area contributed by atoms with Crippen LogP contribution in [0.4, 0.5) is 0 Å².